The van der Waals surface area contributed by atoms with Gasteiger partial charge in [-0.1, -0.05) is 42.0 Å². The van der Waals surface area contributed by atoms with Crippen molar-refractivity contribution in [1.82, 2.24) is 14.7 Å². The van der Waals surface area contributed by atoms with E-state index in [4.69, 9.17) is 14.6 Å². The number of para-hydroxylation sites is 2. The van der Waals surface area contributed by atoms with Crippen molar-refractivity contribution in [2.75, 3.05) is 45.3 Å². The fourth-order valence-electron chi connectivity index (χ4n) is 4.54. The molecule has 36 heavy (non-hydrogen) atoms. The van der Waals surface area contributed by atoms with Crippen molar-refractivity contribution < 1.29 is 14.3 Å². The molecule has 0 unspecified atom stereocenters. The Balaban J connectivity index is 1.44. The quantitative estimate of drug-likeness (QED) is 0.394. The van der Waals surface area contributed by atoms with Crippen molar-refractivity contribution in [2.24, 2.45) is 0 Å². The van der Waals surface area contributed by atoms with E-state index in [1.165, 1.54) is 0 Å². The van der Waals surface area contributed by atoms with Crippen LogP contribution in [0.5, 0.6) is 11.5 Å². The second-order valence-electron chi connectivity index (χ2n) is 8.85. The van der Waals surface area contributed by atoms with Crippen LogP contribution in [0.15, 0.2) is 78.9 Å². The van der Waals surface area contributed by atoms with Gasteiger partial charge < -0.3 is 19.3 Å². The molecule has 0 aliphatic carbocycles. The van der Waals surface area contributed by atoms with Crippen LogP contribution in [0.25, 0.3) is 16.9 Å². The molecular weight excluding hydrogens is 452 g/mol. The molecule has 0 atom stereocenters. The van der Waals surface area contributed by atoms with Gasteiger partial charge in [0.2, 0.25) is 0 Å². The number of hydrogen-bond donors (Lipinski definition) is 0. The maximum atomic E-state index is 13.8. The number of benzene rings is 3. The number of anilines is 1. The average molecular weight is 483 g/mol. The number of carbonyl (C=O) groups is 1. The van der Waals surface area contributed by atoms with E-state index in [0.29, 0.717) is 18.8 Å². The molecule has 3 aromatic carbocycles. The molecule has 4 aromatic rings. The molecule has 0 N–H and O–H groups in total. The minimum absolute atomic E-state index is 0.0307. The molecule has 1 aliphatic rings. The molecule has 2 heterocycles. The first-order valence-electron chi connectivity index (χ1n) is 12.1. The minimum Gasteiger partial charge on any atom is -0.497 e. The summed E-state index contributed by atoms with van der Waals surface area (Å²) in [5, 5.41) is 4.84. The molecule has 1 aliphatic heterocycles. The summed E-state index contributed by atoms with van der Waals surface area (Å²) in [7, 11) is 3.33. The van der Waals surface area contributed by atoms with Gasteiger partial charge in [-0.15, -0.1) is 0 Å². The van der Waals surface area contributed by atoms with E-state index in [-0.39, 0.29) is 5.91 Å². The van der Waals surface area contributed by atoms with Crippen LogP contribution in [0, 0.1) is 6.92 Å². The number of methoxy groups -OCH3 is 2. The van der Waals surface area contributed by atoms with E-state index in [0.717, 1.165) is 52.8 Å². The third kappa shape index (κ3) is 4.64. The number of aryl methyl sites for hydroxylation is 1. The summed E-state index contributed by atoms with van der Waals surface area (Å²) in [5.41, 5.74) is 5.23. The number of rotatable bonds is 6. The van der Waals surface area contributed by atoms with Gasteiger partial charge in [0, 0.05) is 31.7 Å². The fourth-order valence-corrected chi connectivity index (χ4v) is 4.54. The maximum absolute atomic E-state index is 13.8. The molecule has 7 heteroatoms. The van der Waals surface area contributed by atoms with E-state index in [1.54, 1.807) is 18.9 Å². The van der Waals surface area contributed by atoms with E-state index >= 15 is 0 Å². The Morgan fingerprint density at radius 1 is 0.833 bits per heavy atom. The normalized spacial score (nSPS) is 13.5. The van der Waals surface area contributed by atoms with Crippen LogP contribution >= 0.6 is 0 Å². The van der Waals surface area contributed by atoms with Crippen LogP contribution in [0.1, 0.15) is 16.1 Å². The van der Waals surface area contributed by atoms with Crippen molar-refractivity contribution in [1.29, 1.82) is 0 Å². The highest BCUT2D eigenvalue weighted by molar-refractivity contribution is 5.94. The number of amides is 1. The van der Waals surface area contributed by atoms with Gasteiger partial charge in [-0.25, -0.2) is 4.68 Å². The van der Waals surface area contributed by atoms with Gasteiger partial charge in [-0.05, 0) is 49.4 Å². The Morgan fingerprint density at radius 3 is 2.31 bits per heavy atom. The first-order valence-corrected chi connectivity index (χ1v) is 12.1. The summed E-state index contributed by atoms with van der Waals surface area (Å²) in [4.78, 5) is 18.0. The van der Waals surface area contributed by atoms with Crippen molar-refractivity contribution in [3.63, 3.8) is 0 Å². The summed E-state index contributed by atoms with van der Waals surface area (Å²) in [6.45, 7) is 4.73. The summed E-state index contributed by atoms with van der Waals surface area (Å²) in [6, 6.07) is 25.7. The number of hydrogen-bond acceptors (Lipinski definition) is 5. The predicted molar refractivity (Wildman–Crippen MR) is 141 cm³/mol. The maximum Gasteiger partial charge on any atom is 0.272 e. The largest absolute Gasteiger partial charge is 0.497 e. The van der Waals surface area contributed by atoms with Gasteiger partial charge in [0.1, 0.15) is 17.2 Å². The third-order valence-electron chi connectivity index (χ3n) is 6.57. The third-order valence-corrected chi connectivity index (χ3v) is 6.57. The fraction of sp³-hybridized carbons (Fsp3) is 0.241. The van der Waals surface area contributed by atoms with E-state index in [9.17, 15) is 4.79 Å². The van der Waals surface area contributed by atoms with Crippen molar-refractivity contribution in [3.8, 4) is 28.4 Å². The summed E-state index contributed by atoms with van der Waals surface area (Å²) in [6.07, 6.45) is 0. The Kier molecular flexibility index (Phi) is 6.62. The highest BCUT2D eigenvalue weighted by Gasteiger charge is 2.27. The molecule has 184 valence electrons. The summed E-state index contributed by atoms with van der Waals surface area (Å²) < 4.78 is 12.7. The average Bonchev–Trinajstić information content (AvgIpc) is 3.39. The van der Waals surface area contributed by atoms with Crippen molar-refractivity contribution in [2.45, 2.75) is 6.92 Å². The lowest BCUT2D eigenvalue weighted by molar-refractivity contribution is 0.0737. The van der Waals surface area contributed by atoms with Crippen LogP contribution in [0.4, 0.5) is 5.69 Å². The first kappa shape index (κ1) is 23.5. The lowest BCUT2D eigenvalue weighted by Crippen LogP contribution is -2.49. The number of aromatic nitrogens is 2. The zero-order chi connectivity index (χ0) is 25.1. The zero-order valence-electron chi connectivity index (χ0n) is 20.8. The molecular formula is C29H30N4O3. The second-order valence-corrected chi connectivity index (χ2v) is 8.85. The molecule has 0 radical (unpaired) electrons. The van der Waals surface area contributed by atoms with Gasteiger partial charge in [-0.2, -0.15) is 5.10 Å². The van der Waals surface area contributed by atoms with E-state index < -0.39 is 0 Å². The van der Waals surface area contributed by atoms with Crippen molar-refractivity contribution >= 4 is 11.6 Å². The molecule has 5 rings (SSSR count). The standard InChI is InChI=1S/C29H30N4O3/c1-21-11-13-23(14-12-21)33-27(20-25(30-33)22-7-6-8-24(19-22)35-2)29(34)32-17-15-31(16-18-32)26-9-4-5-10-28(26)36-3/h4-14,19-20H,15-18H2,1-3H3. The van der Waals surface area contributed by atoms with Gasteiger partial charge >= 0.3 is 0 Å². The Hall–Kier alpha value is -4.26. The minimum atomic E-state index is -0.0307. The Morgan fingerprint density at radius 2 is 1.58 bits per heavy atom. The Labute approximate surface area is 211 Å². The smallest absolute Gasteiger partial charge is 0.272 e. The lowest BCUT2D eigenvalue weighted by atomic mass is 10.1. The molecule has 1 aromatic heterocycles. The Bertz CT molecular complexity index is 1360. The number of nitrogens with zero attached hydrogens (tertiary/aromatic N) is 4. The lowest BCUT2D eigenvalue weighted by Gasteiger charge is -2.36. The van der Waals surface area contributed by atoms with Crippen LogP contribution < -0.4 is 14.4 Å². The number of piperazine rings is 1. The topological polar surface area (TPSA) is 59.8 Å². The van der Waals surface area contributed by atoms with Gasteiger partial charge in [0.05, 0.1) is 31.3 Å². The molecule has 7 nitrogen and oxygen atoms in total. The SMILES string of the molecule is COc1cccc(-c2cc(C(=O)N3CCN(c4ccccc4OC)CC3)n(-c3ccc(C)cc3)n2)c1. The summed E-state index contributed by atoms with van der Waals surface area (Å²) >= 11 is 0. The molecule has 1 fully saturated rings. The van der Waals surface area contributed by atoms with Crippen LogP contribution in [0.3, 0.4) is 0 Å². The molecule has 0 bridgehead atoms. The second kappa shape index (κ2) is 10.2. The zero-order valence-corrected chi connectivity index (χ0v) is 20.8. The molecule has 0 saturated carbocycles. The number of ether oxygens (including phenoxy) is 2. The van der Waals surface area contributed by atoms with Crippen LogP contribution in [-0.2, 0) is 0 Å². The summed E-state index contributed by atoms with van der Waals surface area (Å²) in [5.74, 6) is 1.56. The first-order chi connectivity index (χ1) is 17.6. The number of carbonyl (C=O) groups excluding carboxylic acids is 1. The highest BCUT2D eigenvalue weighted by Crippen LogP contribution is 2.29. The molecule has 1 amide bonds. The van der Waals surface area contributed by atoms with Crippen LogP contribution in [0.2, 0.25) is 0 Å². The monoisotopic (exact) mass is 482 g/mol. The predicted octanol–water partition coefficient (Wildman–Crippen LogP) is 4.83. The molecule has 1 saturated heterocycles. The van der Waals surface area contributed by atoms with E-state index in [2.05, 4.69) is 11.0 Å². The van der Waals surface area contributed by atoms with Gasteiger partial charge in [-0.3, -0.25) is 4.79 Å². The molecule has 0 spiro atoms. The van der Waals surface area contributed by atoms with Gasteiger partial charge in [0.25, 0.3) is 5.91 Å². The van der Waals surface area contributed by atoms with E-state index in [1.807, 2.05) is 84.6 Å². The highest BCUT2D eigenvalue weighted by atomic mass is 16.5. The van der Waals surface area contributed by atoms with Crippen molar-refractivity contribution in [3.05, 3.63) is 90.1 Å². The van der Waals surface area contributed by atoms with Gasteiger partial charge in [0.15, 0.2) is 0 Å². The van der Waals surface area contributed by atoms with Crippen LogP contribution in [-0.4, -0.2) is 61.0 Å².